The number of benzene rings is 1. The van der Waals surface area contributed by atoms with Crippen LogP contribution in [0.4, 0.5) is 5.13 Å². The van der Waals surface area contributed by atoms with E-state index >= 15 is 0 Å². The summed E-state index contributed by atoms with van der Waals surface area (Å²) < 4.78 is 11.5. The minimum absolute atomic E-state index is 0.0168. The first-order valence-electron chi connectivity index (χ1n) is 9.93. The quantitative estimate of drug-likeness (QED) is 0.593. The summed E-state index contributed by atoms with van der Waals surface area (Å²) in [5.74, 6) is 1.20. The molecular formula is C20H27N5O4S2. The van der Waals surface area contributed by atoms with E-state index in [1.54, 1.807) is 30.2 Å². The second kappa shape index (κ2) is 10.7. The van der Waals surface area contributed by atoms with Gasteiger partial charge in [0.2, 0.25) is 11.0 Å². The third-order valence-electron chi connectivity index (χ3n) is 4.64. The van der Waals surface area contributed by atoms with Crippen LogP contribution in [0.3, 0.4) is 0 Å². The monoisotopic (exact) mass is 465 g/mol. The number of nitrogens with one attached hydrogen (secondary N) is 1. The van der Waals surface area contributed by atoms with Crippen molar-refractivity contribution in [1.29, 1.82) is 0 Å². The molecule has 2 amide bonds. The van der Waals surface area contributed by atoms with Crippen molar-refractivity contribution in [3.05, 3.63) is 23.8 Å². The van der Waals surface area contributed by atoms with E-state index in [2.05, 4.69) is 20.4 Å². The fourth-order valence-corrected chi connectivity index (χ4v) is 4.91. The van der Waals surface area contributed by atoms with Crippen molar-refractivity contribution in [2.75, 3.05) is 51.1 Å². The van der Waals surface area contributed by atoms with Gasteiger partial charge in [-0.2, -0.15) is 0 Å². The van der Waals surface area contributed by atoms with Crippen LogP contribution in [0.1, 0.15) is 24.2 Å². The molecule has 168 valence electrons. The Bertz CT molecular complexity index is 913. The third kappa shape index (κ3) is 5.79. The van der Waals surface area contributed by atoms with Crippen LogP contribution in [0, 0.1) is 0 Å². The Kier molecular flexibility index (Phi) is 7.97. The Morgan fingerprint density at radius 1 is 1.16 bits per heavy atom. The van der Waals surface area contributed by atoms with Crippen molar-refractivity contribution in [3.8, 4) is 11.5 Å². The first kappa shape index (κ1) is 23.1. The zero-order valence-corrected chi connectivity index (χ0v) is 19.7. The molecular weight excluding hydrogens is 438 g/mol. The Morgan fingerprint density at radius 3 is 2.55 bits per heavy atom. The van der Waals surface area contributed by atoms with Crippen LogP contribution in [0.2, 0.25) is 0 Å². The average molecular weight is 466 g/mol. The Labute approximate surface area is 190 Å². The summed E-state index contributed by atoms with van der Waals surface area (Å²) in [4.78, 5) is 28.7. The second-order valence-corrected chi connectivity index (χ2v) is 9.36. The summed E-state index contributed by atoms with van der Waals surface area (Å²) in [5, 5.41) is 12.1. The molecule has 0 spiro atoms. The van der Waals surface area contributed by atoms with Crippen LogP contribution in [0.15, 0.2) is 22.5 Å². The van der Waals surface area contributed by atoms with Crippen LogP contribution < -0.4 is 19.7 Å². The number of anilines is 1. The number of rotatable bonds is 8. The number of methoxy groups -OCH3 is 2. The molecule has 0 radical (unpaired) electrons. The molecule has 0 saturated carbocycles. The lowest BCUT2D eigenvalue weighted by molar-refractivity contribution is -0.119. The summed E-state index contributed by atoms with van der Waals surface area (Å²) in [6, 6.07) is 5.42. The molecule has 9 nitrogen and oxygen atoms in total. The number of ether oxygens (including phenoxy) is 2. The maximum atomic E-state index is 13.0. The highest BCUT2D eigenvalue weighted by Crippen LogP contribution is 2.32. The van der Waals surface area contributed by atoms with Crippen LogP contribution in [0.5, 0.6) is 11.5 Å². The number of thioether (sulfide) groups is 1. The lowest BCUT2D eigenvalue weighted by Gasteiger charge is -2.34. The molecule has 0 atom stereocenters. The van der Waals surface area contributed by atoms with E-state index in [1.807, 2.05) is 13.8 Å². The van der Waals surface area contributed by atoms with Gasteiger partial charge in [0.1, 0.15) is 0 Å². The SMILES string of the molecule is COc1cccc(C(=O)N2CCN(c3nnc(SCC(=O)NC(C)C)s3)CC2)c1OC. The topological polar surface area (TPSA) is 96.9 Å². The van der Waals surface area contributed by atoms with Gasteiger partial charge in [0.05, 0.1) is 25.5 Å². The zero-order valence-electron chi connectivity index (χ0n) is 18.1. The van der Waals surface area contributed by atoms with Gasteiger partial charge in [-0.25, -0.2) is 0 Å². The molecule has 1 aliphatic rings. The third-order valence-corrected chi connectivity index (χ3v) is 6.76. The first-order chi connectivity index (χ1) is 14.9. The van der Waals surface area contributed by atoms with Crippen LogP contribution in [0.25, 0.3) is 0 Å². The molecule has 1 N–H and O–H groups in total. The molecule has 11 heteroatoms. The maximum absolute atomic E-state index is 13.0. The highest BCUT2D eigenvalue weighted by atomic mass is 32.2. The van der Waals surface area contributed by atoms with Gasteiger partial charge in [-0.3, -0.25) is 9.59 Å². The highest BCUT2D eigenvalue weighted by molar-refractivity contribution is 8.01. The van der Waals surface area contributed by atoms with Gasteiger partial charge in [-0.15, -0.1) is 10.2 Å². The Morgan fingerprint density at radius 2 is 1.90 bits per heavy atom. The average Bonchev–Trinajstić information content (AvgIpc) is 3.25. The standard InChI is InChI=1S/C20H27N5O4S2/c1-13(2)21-16(26)12-30-20-23-22-19(31-20)25-10-8-24(9-11-25)18(27)14-6-5-7-15(28-3)17(14)29-4/h5-7,13H,8-12H2,1-4H3,(H,21,26). The van der Waals surface area contributed by atoms with Gasteiger partial charge in [0, 0.05) is 32.2 Å². The number of carbonyl (C=O) groups is 2. The van der Waals surface area contributed by atoms with Crippen molar-refractivity contribution in [1.82, 2.24) is 20.4 Å². The summed E-state index contributed by atoms with van der Waals surface area (Å²) in [7, 11) is 3.08. The van der Waals surface area contributed by atoms with Gasteiger partial charge in [0.25, 0.3) is 5.91 Å². The minimum Gasteiger partial charge on any atom is -0.493 e. The van der Waals surface area contributed by atoms with E-state index in [9.17, 15) is 9.59 Å². The minimum atomic E-state index is -0.0833. The number of amides is 2. The van der Waals surface area contributed by atoms with E-state index in [0.29, 0.717) is 49.0 Å². The number of para-hydroxylation sites is 1. The molecule has 1 saturated heterocycles. The predicted molar refractivity (Wildman–Crippen MR) is 122 cm³/mol. The van der Waals surface area contributed by atoms with Crippen LogP contribution in [-0.2, 0) is 4.79 Å². The number of aromatic nitrogens is 2. The highest BCUT2D eigenvalue weighted by Gasteiger charge is 2.27. The summed E-state index contributed by atoms with van der Waals surface area (Å²) in [5.41, 5.74) is 0.490. The number of hydrogen-bond acceptors (Lipinski definition) is 9. The molecule has 0 aliphatic carbocycles. The van der Waals surface area contributed by atoms with Gasteiger partial charge in [-0.05, 0) is 26.0 Å². The van der Waals surface area contributed by atoms with E-state index in [4.69, 9.17) is 9.47 Å². The number of piperazine rings is 1. The normalized spacial score (nSPS) is 14.0. The fraction of sp³-hybridized carbons (Fsp3) is 0.500. The predicted octanol–water partition coefficient (Wildman–Crippen LogP) is 2.13. The Balaban J connectivity index is 1.56. The van der Waals surface area contributed by atoms with Crippen molar-refractivity contribution >= 4 is 40.0 Å². The molecule has 2 heterocycles. The molecule has 3 rings (SSSR count). The van der Waals surface area contributed by atoms with Gasteiger partial charge in [0.15, 0.2) is 15.8 Å². The smallest absolute Gasteiger partial charge is 0.257 e. The first-order valence-corrected chi connectivity index (χ1v) is 11.7. The van der Waals surface area contributed by atoms with Gasteiger partial charge >= 0.3 is 0 Å². The van der Waals surface area contributed by atoms with Crippen molar-refractivity contribution < 1.29 is 19.1 Å². The molecule has 1 aliphatic heterocycles. The van der Waals surface area contributed by atoms with E-state index in [0.717, 1.165) is 9.47 Å². The van der Waals surface area contributed by atoms with Crippen LogP contribution >= 0.6 is 23.1 Å². The molecule has 31 heavy (non-hydrogen) atoms. The molecule has 0 unspecified atom stereocenters. The van der Waals surface area contributed by atoms with Gasteiger partial charge in [-0.1, -0.05) is 29.2 Å². The second-order valence-electron chi connectivity index (χ2n) is 7.18. The largest absolute Gasteiger partial charge is 0.493 e. The molecule has 1 fully saturated rings. The van der Waals surface area contributed by atoms with Crippen molar-refractivity contribution in [3.63, 3.8) is 0 Å². The molecule has 1 aromatic heterocycles. The Hall–Kier alpha value is -2.53. The molecule has 2 aromatic rings. The summed E-state index contributed by atoms with van der Waals surface area (Å²) in [6.07, 6.45) is 0. The zero-order chi connectivity index (χ0) is 22.4. The number of carbonyl (C=O) groups excluding carboxylic acids is 2. The number of hydrogen-bond donors (Lipinski definition) is 1. The number of nitrogens with zero attached hydrogens (tertiary/aromatic N) is 4. The molecule has 0 bridgehead atoms. The lowest BCUT2D eigenvalue weighted by atomic mass is 10.1. The lowest BCUT2D eigenvalue weighted by Crippen LogP contribution is -2.48. The van der Waals surface area contributed by atoms with Gasteiger partial charge < -0.3 is 24.6 Å². The van der Waals surface area contributed by atoms with E-state index < -0.39 is 0 Å². The maximum Gasteiger partial charge on any atom is 0.257 e. The van der Waals surface area contributed by atoms with Crippen molar-refractivity contribution in [2.45, 2.75) is 24.2 Å². The fourth-order valence-electron chi connectivity index (χ4n) is 3.21. The summed E-state index contributed by atoms with van der Waals surface area (Å²) in [6.45, 7) is 6.31. The van der Waals surface area contributed by atoms with Crippen LogP contribution in [-0.4, -0.2) is 79.1 Å². The van der Waals surface area contributed by atoms with E-state index in [-0.39, 0.29) is 17.9 Å². The molecule has 1 aromatic carbocycles. The summed E-state index contributed by atoms with van der Waals surface area (Å²) >= 11 is 2.85. The van der Waals surface area contributed by atoms with E-state index in [1.165, 1.54) is 30.2 Å². The van der Waals surface area contributed by atoms with Crippen molar-refractivity contribution in [2.24, 2.45) is 0 Å².